The second-order valence-corrected chi connectivity index (χ2v) is 9.78. The number of rotatable bonds is 3. The summed E-state index contributed by atoms with van der Waals surface area (Å²) >= 11 is 0. The zero-order chi connectivity index (χ0) is 25.8. The Morgan fingerprint density at radius 2 is 1.13 bits per heavy atom. The highest BCUT2D eigenvalue weighted by molar-refractivity contribution is 6.17. The lowest BCUT2D eigenvalue weighted by Crippen LogP contribution is -2.37. The Labute approximate surface area is 226 Å². The monoisotopic (exact) mass is 505 g/mol. The van der Waals surface area contributed by atoms with Gasteiger partial charge in [-0.15, -0.1) is 0 Å². The minimum absolute atomic E-state index is 0.391. The summed E-state index contributed by atoms with van der Waals surface area (Å²) < 4.78 is 13.6. The van der Waals surface area contributed by atoms with Crippen LogP contribution >= 0.6 is 0 Å². The molecule has 1 aliphatic carbocycles. The minimum atomic E-state index is -1.05. The number of nitrogens with zero attached hydrogens (tertiary/aromatic N) is 2. The zero-order valence-corrected chi connectivity index (χ0v) is 20.9. The summed E-state index contributed by atoms with van der Waals surface area (Å²) in [4.78, 5) is 10.0. The molecule has 2 heterocycles. The quantitative estimate of drug-likeness (QED) is 0.292. The van der Waals surface area contributed by atoms with Crippen molar-refractivity contribution in [3.63, 3.8) is 0 Å². The highest BCUT2D eigenvalue weighted by Crippen LogP contribution is 2.56. The third kappa shape index (κ3) is 3.33. The fourth-order valence-corrected chi connectivity index (χ4v) is 5.69. The molecule has 8 rings (SSSR count). The van der Waals surface area contributed by atoms with Crippen molar-refractivity contribution in [3.05, 3.63) is 155 Å². The van der Waals surface area contributed by atoms with Gasteiger partial charge in [0.2, 0.25) is 0 Å². The van der Waals surface area contributed by atoms with Crippen LogP contribution in [0.3, 0.4) is 0 Å². The molecule has 5 heteroatoms. The number of ether oxygens (including phenoxy) is 2. The molecular weight excluding hydrogens is 482 g/mol. The van der Waals surface area contributed by atoms with Crippen molar-refractivity contribution < 1.29 is 9.47 Å². The molecule has 1 atom stereocenters. The molecule has 1 unspecified atom stereocenters. The van der Waals surface area contributed by atoms with Crippen LogP contribution in [0.25, 0.3) is 11.1 Å². The molecule has 0 aromatic heterocycles. The summed E-state index contributed by atoms with van der Waals surface area (Å²) in [5.41, 5.74) is 7.09. The normalized spacial score (nSPS) is 17.6. The van der Waals surface area contributed by atoms with Gasteiger partial charge in [-0.25, -0.2) is 9.98 Å². The number of amidine groups is 2. The Bertz CT molecular complexity index is 1750. The van der Waals surface area contributed by atoms with Crippen LogP contribution in [0.2, 0.25) is 0 Å². The van der Waals surface area contributed by atoms with Gasteiger partial charge in [-0.1, -0.05) is 115 Å². The lowest BCUT2D eigenvalue weighted by atomic mass is 10.0. The summed E-state index contributed by atoms with van der Waals surface area (Å²) in [6, 6.07) is 42.8. The van der Waals surface area contributed by atoms with E-state index in [-0.39, 0.29) is 0 Å². The van der Waals surface area contributed by atoms with E-state index in [1.54, 1.807) is 0 Å². The van der Waals surface area contributed by atoms with E-state index in [9.17, 15) is 0 Å². The Balaban J connectivity index is 1.26. The van der Waals surface area contributed by atoms with E-state index in [2.05, 4.69) is 53.8 Å². The number of hydrogen-bond donors (Lipinski definition) is 1. The number of fused-ring (bicyclic) bond motifs is 6. The van der Waals surface area contributed by atoms with Crippen molar-refractivity contribution in [1.29, 1.82) is 0 Å². The summed E-state index contributed by atoms with van der Waals surface area (Å²) in [6.45, 7) is 0. The van der Waals surface area contributed by atoms with Gasteiger partial charge in [-0.05, 0) is 28.8 Å². The number of hydrogen-bond acceptors (Lipinski definition) is 5. The average Bonchev–Trinajstić information content (AvgIpc) is 3.54. The molecule has 0 saturated heterocycles. The Morgan fingerprint density at radius 3 is 1.85 bits per heavy atom. The summed E-state index contributed by atoms with van der Waals surface area (Å²) in [5.74, 6) is 1.75. The van der Waals surface area contributed by atoms with Crippen molar-refractivity contribution in [1.82, 2.24) is 5.32 Å². The molecule has 0 amide bonds. The molecule has 3 aliphatic rings. The van der Waals surface area contributed by atoms with Gasteiger partial charge >= 0.3 is 5.79 Å². The summed E-state index contributed by atoms with van der Waals surface area (Å²) in [6.07, 6.45) is -0.391. The van der Waals surface area contributed by atoms with E-state index >= 15 is 0 Å². The molecule has 2 aliphatic heterocycles. The Hall–Kier alpha value is -5.16. The molecule has 5 nitrogen and oxygen atoms in total. The van der Waals surface area contributed by atoms with Gasteiger partial charge in [0.1, 0.15) is 11.7 Å². The van der Waals surface area contributed by atoms with Crippen LogP contribution in [0.4, 0.5) is 0 Å². The SMILES string of the molecule is c1ccc(C2=NC(c3ccccc3)N=C(c3cccc4c3OC3(O4)c4ccccc4-c4ccccc43)N2)cc1. The molecule has 5 aromatic carbocycles. The van der Waals surface area contributed by atoms with Crippen molar-refractivity contribution in [3.8, 4) is 22.6 Å². The van der Waals surface area contributed by atoms with E-state index in [1.165, 1.54) is 0 Å². The van der Waals surface area contributed by atoms with Crippen LogP contribution in [0.15, 0.2) is 137 Å². The summed E-state index contributed by atoms with van der Waals surface area (Å²) in [7, 11) is 0. The van der Waals surface area contributed by atoms with E-state index in [0.717, 1.165) is 44.8 Å². The first-order chi connectivity index (χ1) is 19.3. The first kappa shape index (κ1) is 21.9. The fourth-order valence-electron chi connectivity index (χ4n) is 5.69. The number of nitrogens with one attached hydrogen (secondary N) is 1. The van der Waals surface area contributed by atoms with Crippen LogP contribution < -0.4 is 14.8 Å². The zero-order valence-electron chi connectivity index (χ0n) is 20.9. The third-order valence-corrected chi connectivity index (χ3v) is 7.47. The molecule has 1 N–H and O–H groups in total. The van der Waals surface area contributed by atoms with Gasteiger partial charge in [0, 0.05) is 16.7 Å². The van der Waals surface area contributed by atoms with Crippen molar-refractivity contribution in [2.24, 2.45) is 9.98 Å². The molecular formula is C34H23N3O2. The largest absolute Gasteiger partial charge is 0.440 e. The molecule has 1 spiro atoms. The lowest BCUT2D eigenvalue weighted by molar-refractivity contribution is -0.0418. The maximum absolute atomic E-state index is 6.89. The summed E-state index contributed by atoms with van der Waals surface area (Å²) in [5, 5.41) is 3.50. The van der Waals surface area contributed by atoms with Gasteiger partial charge in [0.25, 0.3) is 0 Å². The highest BCUT2D eigenvalue weighted by atomic mass is 16.7. The maximum atomic E-state index is 6.89. The van der Waals surface area contributed by atoms with Gasteiger partial charge in [0.15, 0.2) is 17.7 Å². The number of para-hydroxylation sites is 1. The minimum Gasteiger partial charge on any atom is -0.440 e. The van der Waals surface area contributed by atoms with Crippen LogP contribution in [0.1, 0.15) is 34.0 Å². The standard InChI is InChI=1S/C34H23N3O2/c1-3-12-22(13-4-1)31-35-32(23-14-5-2-6-15-23)37-33(36-31)26-18-11-21-29-30(26)39-34(38-29)27-19-9-7-16-24(27)25-17-8-10-20-28(25)34/h1-21,31H,(H,35,36,37). The van der Waals surface area contributed by atoms with Crippen molar-refractivity contribution in [2.75, 3.05) is 0 Å². The second kappa shape index (κ2) is 8.43. The van der Waals surface area contributed by atoms with Gasteiger partial charge in [-0.2, -0.15) is 0 Å². The predicted octanol–water partition coefficient (Wildman–Crippen LogP) is 6.83. The van der Waals surface area contributed by atoms with E-state index in [0.29, 0.717) is 17.3 Å². The van der Waals surface area contributed by atoms with Gasteiger partial charge in [0.05, 0.1) is 5.56 Å². The highest BCUT2D eigenvalue weighted by Gasteiger charge is 2.53. The van der Waals surface area contributed by atoms with E-state index in [1.807, 2.05) is 78.9 Å². The topological polar surface area (TPSA) is 55.2 Å². The third-order valence-electron chi connectivity index (χ3n) is 7.47. The molecule has 186 valence electrons. The fraction of sp³-hybridized carbons (Fsp3) is 0.0588. The second-order valence-electron chi connectivity index (χ2n) is 9.78. The molecule has 0 radical (unpaired) electrons. The number of benzene rings is 5. The number of aliphatic imine (C=N–C) groups is 2. The van der Waals surface area contributed by atoms with Crippen LogP contribution in [-0.4, -0.2) is 11.7 Å². The van der Waals surface area contributed by atoms with Gasteiger partial charge < -0.3 is 14.8 Å². The van der Waals surface area contributed by atoms with Crippen LogP contribution in [0.5, 0.6) is 11.5 Å². The van der Waals surface area contributed by atoms with Gasteiger partial charge in [-0.3, -0.25) is 0 Å². The Morgan fingerprint density at radius 1 is 0.538 bits per heavy atom. The van der Waals surface area contributed by atoms with Crippen LogP contribution in [0, 0.1) is 0 Å². The molecule has 0 saturated carbocycles. The maximum Gasteiger partial charge on any atom is 0.306 e. The molecule has 0 bridgehead atoms. The average molecular weight is 506 g/mol. The van der Waals surface area contributed by atoms with E-state index < -0.39 is 12.0 Å². The van der Waals surface area contributed by atoms with E-state index in [4.69, 9.17) is 19.5 Å². The van der Waals surface area contributed by atoms with Crippen molar-refractivity contribution >= 4 is 11.7 Å². The van der Waals surface area contributed by atoms with Crippen LogP contribution in [-0.2, 0) is 5.79 Å². The Kier molecular flexibility index (Phi) is 4.73. The predicted molar refractivity (Wildman–Crippen MR) is 152 cm³/mol. The first-order valence-corrected chi connectivity index (χ1v) is 13.0. The first-order valence-electron chi connectivity index (χ1n) is 13.0. The van der Waals surface area contributed by atoms with Crippen molar-refractivity contribution in [2.45, 2.75) is 12.0 Å². The smallest absolute Gasteiger partial charge is 0.306 e. The lowest BCUT2D eigenvalue weighted by Gasteiger charge is -2.26. The molecule has 39 heavy (non-hydrogen) atoms. The molecule has 0 fully saturated rings. The molecule has 5 aromatic rings.